The molecule has 1 aromatic rings. The van der Waals surface area contributed by atoms with Crippen LogP contribution in [0.3, 0.4) is 0 Å². The van der Waals surface area contributed by atoms with Crippen molar-refractivity contribution in [2.24, 2.45) is 0 Å². The van der Waals surface area contributed by atoms with E-state index in [4.69, 9.17) is 9.52 Å². The maximum atomic E-state index is 10.8. The Bertz CT molecular complexity index is 341. The van der Waals surface area contributed by atoms with Gasteiger partial charge in [-0.15, -0.1) is 0 Å². The summed E-state index contributed by atoms with van der Waals surface area (Å²) in [4.78, 5) is 10.8. The van der Waals surface area contributed by atoms with Crippen LogP contribution in [0.15, 0.2) is 16.7 Å². The number of fused-ring (bicyclic) bond motifs is 1. The minimum absolute atomic E-state index is 0.200. The van der Waals surface area contributed by atoms with Gasteiger partial charge in [0.05, 0.1) is 6.26 Å². The molecular weight excluding hydrogens is 172 g/mol. The highest BCUT2D eigenvalue weighted by Crippen LogP contribution is 2.35. The molecule has 0 radical (unpaired) electrons. The van der Waals surface area contributed by atoms with Gasteiger partial charge in [-0.1, -0.05) is 0 Å². The van der Waals surface area contributed by atoms with Crippen LogP contribution in [0.5, 0.6) is 0 Å². The summed E-state index contributed by atoms with van der Waals surface area (Å²) in [5.41, 5.74) is -1.01. The number of carboxylic acid groups (broad SMARTS) is 1. The molecule has 1 unspecified atom stereocenters. The first-order valence-corrected chi connectivity index (χ1v) is 4.17. The summed E-state index contributed by atoms with van der Waals surface area (Å²) >= 11 is 0. The van der Waals surface area contributed by atoms with E-state index in [-0.39, 0.29) is 12.2 Å². The minimum atomic E-state index is -1.81. The van der Waals surface area contributed by atoms with Crippen LogP contribution in [0.1, 0.15) is 24.2 Å². The van der Waals surface area contributed by atoms with Crippen molar-refractivity contribution in [3.63, 3.8) is 0 Å². The SMILES string of the molecule is O=C(O)C1(O)CCCc2ccoc21. The Morgan fingerprint density at radius 2 is 2.38 bits per heavy atom. The summed E-state index contributed by atoms with van der Waals surface area (Å²) in [6, 6.07) is 1.71. The third kappa shape index (κ3) is 1.06. The van der Waals surface area contributed by atoms with E-state index in [1.807, 2.05) is 0 Å². The molecule has 13 heavy (non-hydrogen) atoms. The third-order valence-corrected chi connectivity index (χ3v) is 2.46. The van der Waals surface area contributed by atoms with Crippen molar-refractivity contribution < 1.29 is 19.4 Å². The Balaban J connectivity index is 2.51. The van der Waals surface area contributed by atoms with E-state index in [1.54, 1.807) is 6.07 Å². The van der Waals surface area contributed by atoms with E-state index >= 15 is 0 Å². The molecule has 0 bridgehead atoms. The van der Waals surface area contributed by atoms with Crippen LogP contribution in [-0.2, 0) is 16.8 Å². The summed E-state index contributed by atoms with van der Waals surface area (Å²) < 4.78 is 5.00. The molecule has 0 saturated carbocycles. The molecule has 4 nitrogen and oxygen atoms in total. The molecule has 1 aromatic heterocycles. The molecule has 4 heteroatoms. The molecule has 1 atom stereocenters. The highest BCUT2D eigenvalue weighted by Gasteiger charge is 2.44. The van der Waals surface area contributed by atoms with Crippen molar-refractivity contribution in [3.8, 4) is 0 Å². The number of carboxylic acids is 1. The standard InChI is InChI=1S/C9H10O4/c10-8(11)9(12)4-1-2-6-3-5-13-7(6)9/h3,5,12H,1-2,4H2,(H,10,11). The first kappa shape index (κ1) is 8.31. The van der Waals surface area contributed by atoms with Gasteiger partial charge in [-0.2, -0.15) is 0 Å². The number of aryl methyl sites for hydroxylation is 1. The first-order chi connectivity index (χ1) is 6.14. The largest absolute Gasteiger partial charge is 0.479 e. The lowest BCUT2D eigenvalue weighted by molar-refractivity contribution is -0.163. The van der Waals surface area contributed by atoms with Gasteiger partial charge in [0.2, 0.25) is 5.60 Å². The van der Waals surface area contributed by atoms with Crippen molar-refractivity contribution in [1.29, 1.82) is 0 Å². The zero-order chi connectivity index (χ0) is 9.47. The smallest absolute Gasteiger partial charge is 0.343 e. The van der Waals surface area contributed by atoms with Crippen LogP contribution >= 0.6 is 0 Å². The number of aliphatic hydroxyl groups is 1. The average Bonchev–Trinajstić information content (AvgIpc) is 2.53. The number of aliphatic carboxylic acids is 1. The fraction of sp³-hybridized carbons (Fsp3) is 0.444. The van der Waals surface area contributed by atoms with Crippen LogP contribution in [0.2, 0.25) is 0 Å². The van der Waals surface area contributed by atoms with Gasteiger partial charge >= 0.3 is 5.97 Å². The van der Waals surface area contributed by atoms with Gasteiger partial charge in [-0.3, -0.25) is 0 Å². The van der Waals surface area contributed by atoms with E-state index < -0.39 is 11.6 Å². The van der Waals surface area contributed by atoms with Gasteiger partial charge in [0.15, 0.2) is 0 Å². The van der Waals surface area contributed by atoms with E-state index in [0.29, 0.717) is 6.42 Å². The molecule has 1 heterocycles. The second kappa shape index (κ2) is 2.60. The van der Waals surface area contributed by atoms with Crippen molar-refractivity contribution in [2.75, 3.05) is 0 Å². The van der Waals surface area contributed by atoms with Crippen molar-refractivity contribution in [3.05, 3.63) is 23.7 Å². The number of carbonyl (C=O) groups is 1. The molecule has 0 spiro atoms. The summed E-state index contributed by atoms with van der Waals surface area (Å²) in [5.74, 6) is -1.03. The zero-order valence-electron chi connectivity index (χ0n) is 6.99. The van der Waals surface area contributed by atoms with E-state index in [9.17, 15) is 9.90 Å². The molecule has 70 valence electrons. The maximum absolute atomic E-state index is 10.8. The van der Waals surface area contributed by atoms with E-state index in [2.05, 4.69) is 0 Å². The maximum Gasteiger partial charge on any atom is 0.343 e. The van der Waals surface area contributed by atoms with Crippen LogP contribution < -0.4 is 0 Å². The number of rotatable bonds is 1. The first-order valence-electron chi connectivity index (χ1n) is 4.17. The molecule has 1 aliphatic carbocycles. The van der Waals surface area contributed by atoms with Gasteiger partial charge in [0.25, 0.3) is 0 Å². The monoisotopic (exact) mass is 182 g/mol. The van der Waals surface area contributed by atoms with E-state index in [0.717, 1.165) is 12.0 Å². The average molecular weight is 182 g/mol. The normalized spacial score (nSPS) is 26.8. The quantitative estimate of drug-likeness (QED) is 0.676. The lowest BCUT2D eigenvalue weighted by Gasteiger charge is -2.26. The van der Waals surface area contributed by atoms with Crippen molar-refractivity contribution in [1.82, 2.24) is 0 Å². The van der Waals surface area contributed by atoms with Gasteiger partial charge in [-0.05, 0) is 30.9 Å². The van der Waals surface area contributed by atoms with Crippen molar-refractivity contribution >= 4 is 5.97 Å². The summed E-state index contributed by atoms with van der Waals surface area (Å²) in [5, 5.41) is 18.6. The molecule has 0 amide bonds. The second-order valence-corrected chi connectivity index (χ2v) is 3.29. The Kier molecular flexibility index (Phi) is 1.66. The topological polar surface area (TPSA) is 70.7 Å². The highest BCUT2D eigenvalue weighted by molar-refractivity contribution is 5.79. The highest BCUT2D eigenvalue weighted by atomic mass is 16.4. The lowest BCUT2D eigenvalue weighted by Crippen LogP contribution is -2.38. The van der Waals surface area contributed by atoms with Gasteiger partial charge in [0.1, 0.15) is 5.76 Å². The Hall–Kier alpha value is -1.29. The predicted molar refractivity (Wildman–Crippen MR) is 43.2 cm³/mol. The number of hydrogen-bond acceptors (Lipinski definition) is 3. The molecule has 2 rings (SSSR count). The molecular formula is C9H10O4. The van der Waals surface area contributed by atoms with Gasteiger partial charge < -0.3 is 14.6 Å². The Morgan fingerprint density at radius 3 is 3.08 bits per heavy atom. The predicted octanol–water partition coefficient (Wildman–Crippen LogP) is 0.888. The second-order valence-electron chi connectivity index (χ2n) is 3.29. The van der Waals surface area contributed by atoms with Crippen LogP contribution in [0, 0.1) is 0 Å². The van der Waals surface area contributed by atoms with Crippen molar-refractivity contribution in [2.45, 2.75) is 24.9 Å². The molecule has 0 aromatic carbocycles. The summed E-state index contributed by atoms with van der Waals surface area (Å²) in [6.07, 6.45) is 3.10. The van der Waals surface area contributed by atoms with E-state index in [1.165, 1.54) is 6.26 Å². The number of hydrogen-bond donors (Lipinski definition) is 2. The summed E-state index contributed by atoms with van der Waals surface area (Å²) in [7, 11) is 0. The third-order valence-electron chi connectivity index (χ3n) is 2.46. The van der Waals surface area contributed by atoms with Crippen LogP contribution in [-0.4, -0.2) is 16.2 Å². The Morgan fingerprint density at radius 1 is 1.62 bits per heavy atom. The van der Waals surface area contributed by atoms with Crippen LogP contribution in [0.4, 0.5) is 0 Å². The molecule has 2 N–H and O–H groups in total. The Labute approximate surface area is 74.8 Å². The number of furan rings is 1. The van der Waals surface area contributed by atoms with Crippen LogP contribution in [0.25, 0.3) is 0 Å². The minimum Gasteiger partial charge on any atom is -0.479 e. The van der Waals surface area contributed by atoms with Gasteiger partial charge in [-0.25, -0.2) is 4.79 Å². The van der Waals surface area contributed by atoms with Gasteiger partial charge in [0, 0.05) is 0 Å². The lowest BCUT2D eigenvalue weighted by atomic mass is 9.85. The molecule has 0 saturated heterocycles. The fourth-order valence-electron chi connectivity index (χ4n) is 1.75. The molecule has 0 fully saturated rings. The zero-order valence-corrected chi connectivity index (χ0v) is 6.99. The summed E-state index contributed by atoms with van der Waals surface area (Å²) in [6.45, 7) is 0. The molecule has 0 aliphatic heterocycles. The molecule has 1 aliphatic rings. The fourth-order valence-corrected chi connectivity index (χ4v) is 1.75.